The van der Waals surface area contributed by atoms with Gasteiger partial charge in [0.15, 0.2) is 5.82 Å². The van der Waals surface area contributed by atoms with Crippen molar-refractivity contribution in [1.82, 2.24) is 19.7 Å². The summed E-state index contributed by atoms with van der Waals surface area (Å²) < 4.78 is 1.88. The predicted molar refractivity (Wildman–Crippen MR) is 96.6 cm³/mol. The maximum atomic E-state index is 4.83. The van der Waals surface area contributed by atoms with Gasteiger partial charge in [0, 0.05) is 24.0 Å². The molecule has 0 aliphatic carbocycles. The van der Waals surface area contributed by atoms with Crippen LogP contribution < -0.4 is 4.90 Å². The maximum Gasteiger partial charge on any atom is 0.174 e. The predicted octanol–water partition coefficient (Wildman–Crippen LogP) is 3.39. The third kappa shape index (κ3) is 3.86. The van der Waals surface area contributed by atoms with Crippen LogP contribution in [0.5, 0.6) is 0 Å². The summed E-state index contributed by atoms with van der Waals surface area (Å²) in [5.74, 6) is 2.95. The summed E-state index contributed by atoms with van der Waals surface area (Å²) >= 11 is 2.06. The highest BCUT2D eigenvalue weighted by molar-refractivity contribution is 7.99. The molecular formula is C17H25N5S. The summed E-state index contributed by atoms with van der Waals surface area (Å²) in [5.41, 5.74) is 2.09. The highest BCUT2D eigenvalue weighted by atomic mass is 32.2. The van der Waals surface area contributed by atoms with Crippen molar-refractivity contribution in [2.45, 2.75) is 45.3 Å². The van der Waals surface area contributed by atoms with Crippen molar-refractivity contribution in [3.8, 4) is 5.82 Å². The van der Waals surface area contributed by atoms with Gasteiger partial charge >= 0.3 is 0 Å². The number of hydrogen-bond donors (Lipinski definition) is 0. The molecule has 3 rings (SSSR count). The number of thioether (sulfide) groups is 1. The first-order valence-electron chi connectivity index (χ1n) is 8.39. The van der Waals surface area contributed by atoms with E-state index in [4.69, 9.17) is 4.98 Å². The van der Waals surface area contributed by atoms with Crippen molar-refractivity contribution in [2.75, 3.05) is 23.7 Å². The van der Waals surface area contributed by atoms with E-state index >= 15 is 0 Å². The van der Waals surface area contributed by atoms with Gasteiger partial charge in [0.05, 0.1) is 18.1 Å². The summed E-state index contributed by atoms with van der Waals surface area (Å²) in [6, 6.07) is 2.06. The number of hydrogen-bond acceptors (Lipinski definition) is 5. The number of aromatic nitrogens is 4. The van der Waals surface area contributed by atoms with Gasteiger partial charge in [-0.15, -0.1) is 0 Å². The fraction of sp³-hybridized carbons (Fsp3) is 0.588. The van der Waals surface area contributed by atoms with E-state index < -0.39 is 0 Å². The molecule has 23 heavy (non-hydrogen) atoms. The lowest BCUT2D eigenvalue weighted by Crippen LogP contribution is -2.30. The van der Waals surface area contributed by atoms with Gasteiger partial charge in [-0.1, -0.05) is 13.3 Å². The molecule has 6 heteroatoms. The summed E-state index contributed by atoms with van der Waals surface area (Å²) in [5, 5.41) is 5.22. The first-order valence-corrected chi connectivity index (χ1v) is 9.44. The van der Waals surface area contributed by atoms with Crippen LogP contribution in [0.3, 0.4) is 0 Å². The Labute approximate surface area is 142 Å². The molecule has 1 fully saturated rings. The minimum atomic E-state index is 0.696. The Morgan fingerprint density at radius 1 is 1.22 bits per heavy atom. The standard InChI is InChI=1S/C17H25N5S/c1-4-23-15-7-5-6-8-21(12-15)16-10-18-11-17(19-16)22-14(3)9-13(2)20-22/h9-11,15H,4-8,12H2,1-3H3. The van der Waals surface area contributed by atoms with Crippen LogP contribution in [-0.4, -0.2) is 43.8 Å². The van der Waals surface area contributed by atoms with Crippen LogP contribution in [0.25, 0.3) is 5.82 Å². The van der Waals surface area contributed by atoms with Crippen molar-refractivity contribution in [3.05, 3.63) is 29.8 Å². The molecule has 1 unspecified atom stereocenters. The van der Waals surface area contributed by atoms with E-state index in [0.29, 0.717) is 5.25 Å². The van der Waals surface area contributed by atoms with Gasteiger partial charge in [0.1, 0.15) is 5.82 Å². The normalized spacial score (nSPS) is 18.9. The molecule has 0 saturated carbocycles. The average Bonchev–Trinajstić information content (AvgIpc) is 2.74. The number of nitrogens with zero attached hydrogens (tertiary/aromatic N) is 5. The van der Waals surface area contributed by atoms with E-state index in [1.54, 1.807) is 6.20 Å². The van der Waals surface area contributed by atoms with Crippen molar-refractivity contribution >= 4 is 17.6 Å². The van der Waals surface area contributed by atoms with E-state index in [0.717, 1.165) is 36.1 Å². The minimum absolute atomic E-state index is 0.696. The Morgan fingerprint density at radius 2 is 2.04 bits per heavy atom. The zero-order chi connectivity index (χ0) is 16.2. The number of rotatable bonds is 4. The molecule has 1 aliphatic heterocycles. The van der Waals surface area contributed by atoms with Gasteiger partial charge in [0.2, 0.25) is 0 Å². The molecule has 5 nitrogen and oxygen atoms in total. The van der Waals surface area contributed by atoms with E-state index in [9.17, 15) is 0 Å². The molecule has 2 aromatic rings. The first kappa shape index (κ1) is 16.3. The van der Waals surface area contributed by atoms with Gasteiger partial charge < -0.3 is 4.90 Å². The molecule has 1 aliphatic rings. The van der Waals surface area contributed by atoms with Crippen LogP contribution in [0, 0.1) is 13.8 Å². The Hall–Kier alpha value is -1.56. The molecule has 3 heterocycles. The molecule has 2 aromatic heterocycles. The van der Waals surface area contributed by atoms with Crippen LogP contribution in [0.4, 0.5) is 5.82 Å². The largest absolute Gasteiger partial charge is 0.354 e. The van der Waals surface area contributed by atoms with E-state index in [1.165, 1.54) is 25.0 Å². The molecule has 0 radical (unpaired) electrons. The zero-order valence-electron chi connectivity index (χ0n) is 14.2. The molecule has 1 atom stereocenters. The summed E-state index contributed by atoms with van der Waals surface area (Å²) in [6.07, 6.45) is 7.51. The van der Waals surface area contributed by atoms with Gasteiger partial charge in [-0.25, -0.2) is 9.67 Å². The molecule has 0 N–H and O–H groups in total. The molecule has 0 aromatic carbocycles. The first-order chi connectivity index (χ1) is 11.2. The van der Waals surface area contributed by atoms with E-state index in [1.807, 2.05) is 24.7 Å². The van der Waals surface area contributed by atoms with Crippen molar-refractivity contribution in [2.24, 2.45) is 0 Å². The van der Waals surface area contributed by atoms with Crippen LogP contribution in [0.1, 0.15) is 37.6 Å². The van der Waals surface area contributed by atoms with E-state index in [2.05, 4.69) is 39.7 Å². The molecule has 1 saturated heterocycles. The Bertz CT molecular complexity index is 654. The summed E-state index contributed by atoms with van der Waals surface area (Å²) in [7, 11) is 0. The fourth-order valence-electron chi connectivity index (χ4n) is 3.14. The lowest BCUT2D eigenvalue weighted by Gasteiger charge is -2.25. The topological polar surface area (TPSA) is 46.8 Å². The quantitative estimate of drug-likeness (QED) is 0.859. The Morgan fingerprint density at radius 3 is 2.78 bits per heavy atom. The monoisotopic (exact) mass is 331 g/mol. The fourth-order valence-corrected chi connectivity index (χ4v) is 4.23. The second-order valence-electron chi connectivity index (χ2n) is 6.09. The second kappa shape index (κ2) is 7.34. The highest BCUT2D eigenvalue weighted by Gasteiger charge is 2.20. The molecule has 124 valence electrons. The molecular weight excluding hydrogens is 306 g/mol. The number of anilines is 1. The van der Waals surface area contributed by atoms with Crippen LogP contribution in [0.2, 0.25) is 0 Å². The van der Waals surface area contributed by atoms with Crippen LogP contribution in [-0.2, 0) is 0 Å². The maximum absolute atomic E-state index is 4.83. The average molecular weight is 331 g/mol. The lowest BCUT2D eigenvalue weighted by atomic mass is 10.2. The van der Waals surface area contributed by atoms with Gasteiger partial charge in [-0.3, -0.25) is 4.98 Å². The highest BCUT2D eigenvalue weighted by Crippen LogP contribution is 2.25. The smallest absolute Gasteiger partial charge is 0.174 e. The SMILES string of the molecule is CCSC1CCCCN(c2cncc(-n3nc(C)cc3C)n2)C1. The van der Waals surface area contributed by atoms with Crippen molar-refractivity contribution in [1.29, 1.82) is 0 Å². The minimum Gasteiger partial charge on any atom is -0.354 e. The molecule has 0 amide bonds. The molecule has 0 spiro atoms. The summed E-state index contributed by atoms with van der Waals surface area (Å²) in [4.78, 5) is 11.6. The van der Waals surface area contributed by atoms with Gasteiger partial charge in [-0.2, -0.15) is 16.9 Å². The third-order valence-corrected chi connectivity index (χ3v) is 5.38. The Kier molecular flexibility index (Phi) is 5.20. The second-order valence-corrected chi connectivity index (χ2v) is 7.67. The summed E-state index contributed by atoms with van der Waals surface area (Å²) in [6.45, 7) is 8.42. The zero-order valence-corrected chi connectivity index (χ0v) is 15.0. The molecule has 0 bridgehead atoms. The van der Waals surface area contributed by atoms with Crippen LogP contribution in [0.15, 0.2) is 18.5 Å². The van der Waals surface area contributed by atoms with E-state index in [-0.39, 0.29) is 0 Å². The lowest BCUT2D eigenvalue weighted by molar-refractivity contribution is 0.735. The van der Waals surface area contributed by atoms with Crippen molar-refractivity contribution in [3.63, 3.8) is 0 Å². The third-order valence-electron chi connectivity index (χ3n) is 4.19. The van der Waals surface area contributed by atoms with Crippen LogP contribution >= 0.6 is 11.8 Å². The Balaban J connectivity index is 1.85. The number of aryl methyl sites for hydroxylation is 2. The van der Waals surface area contributed by atoms with Gasteiger partial charge in [-0.05, 0) is 38.5 Å². The van der Waals surface area contributed by atoms with Gasteiger partial charge in [0.25, 0.3) is 0 Å². The van der Waals surface area contributed by atoms with Crippen molar-refractivity contribution < 1.29 is 0 Å².